The van der Waals surface area contributed by atoms with Crippen LogP contribution in [0.1, 0.15) is 11.1 Å². The fourth-order valence-corrected chi connectivity index (χ4v) is 1.43. The number of halogens is 1. The van der Waals surface area contributed by atoms with Crippen LogP contribution in [0.15, 0.2) is 30.9 Å². The van der Waals surface area contributed by atoms with Gasteiger partial charge in [0.2, 0.25) is 0 Å². The second kappa shape index (κ2) is 4.18. The molecule has 0 aliphatic carbocycles. The standard InChI is InChI=1S/C10H11FN4/c11-10-2-1-8(9(3-10)4-12)5-15-7-13-6-14-15/h1-3,6-7H,4-5,12H2. The minimum absolute atomic E-state index is 0.266. The molecule has 1 aromatic heterocycles. The van der Waals surface area contributed by atoms with Gasteiger partial charge in [0.25, 0.3) is 0 Å². The first kappa shape index (κ1) is 9.79. The lowest BCUT2D eigenvalue weighted by Crippen LogP contribution is -2.07. The van der Waals surface area contributed by atoms with Gasteiger partial charge in [0.1, 0.15) is 18.5 Å². The Kier molecular flexibility index (Phi) is 2.73. The normalized spacial score (nSPS) is 10.5. The van der Waals surface area contributed by atoms with Gasteiger partial charge in [-0.1, -0.05) is 6.07 Å². The molecule has 0 atom stereocenters. The molecule has 4 nitrogen and oxygen atoms in total. The van der Waals surface area contributed by atoms with Gasteiger partial charge in [-0.3, -0.25) is 0 Å². The lowest BCUT2D eigenvalue weighted by Gasteiger charge is -2.07. The topological polar surface area (TPSA) is 56.7 Å². The molecule has 0 aliphatic rings. The molecule has 0 aliphatic heterocycles. The van der Waals surface area contributed by atoms with E-state index in [2.05, 4.69) is 10.1 Å². The highest BCUT2D eigenvalue weighted by Crippen LogP contribution is 2.11. The number of benzene rings is 1. The Morgan fingerprint density at radius 2 is 2.20 bits per heavy atom. The minimum Gasteiger partial charge on any atom is -0.326 e. The lowest BCUT2D eigenvalue weighted by molar-refractivity contribution is 0.620. The summed E-state index contributed by atoms with van der Waals surface area (Å²) in [7, 11) is 0. The third kappa shape index (κ3) is 2.19. The highest BCUT2D eigenvalue weighted by atomic mass is 19.1. The zero-order valence-electron chi connectivity index (χ0n) is 8.10. The predicted octanol–water partition coefficient (Wildman–Crippen LogP) is 0.924. The highest BCUT2D eigenvalue weighted by molar-refractivity contribution is 5.27. The van der Waals surface area contributed by atoms with Gasteiger partial charge in [-0.2, -0.15) is 5.10 Å². The molecule has 15 heavy (non-hydrogen) atoms. The summed E-state index contributed by atoms with van der Waals surface area (Å²) >= 11 is 0. The molecular weight excluding hydrogens is 195 g/mol. The molecule has 2 aromatic rings. The van der Waals surface area contributed by atoms with Gasteiger partial charge in [-0.25, -0.2) is 14.1 Å². The summed E-state index contributed by atoms with van der Waals surface area (Å²) in [4.78, 5) is 3.84. The molecule has 1 heterocycles. The number of rotatable bonds is 3. The molecule has 0 saturated heterocycles. The molecule has 0 saturated carbocycles. The van der Waals surface area contributed by atoms with E-state index in [0.717, 1.165) is 11.1 Å². The summed E-state index contributed by atoms with van der Waals surface area (Å²) in [5.74, 6) is -0.266. The third-order valence-electron chi connectivity index (χ3n) is 2.19. The maximum Gasteiger partial charge on any atom is 0.137 e. The van der Waals surface area contributed by atoms with E-state index in [0.29, 0.717) is 13.1 Å². The van der Waals surface area contributed by atoms with Crippen molar-refractivity contribution in [1.82, 2.24) is 14.8 Å². The maximum atomic E-state index is 12.9. The van der Waals surface area contributed by atoms with E-state index < -0.39 is 0 Å². The smallest absolute Gasteiger partial charge is 0.137 e. The summed E-state index contributed by atoms with van der Waals surface area (Å²) in [6.45, 7) is 0.884. The molecule has 0 bridgehead atoms. The van der Waals surface area contributed by atoms with Gasteiger partial charge in [-0.05, 0) is 23.3 Å². The Morgan fingerprint density at radius 1 is 1.33 bits per heavy atom. The molecule has 0 fully saturated rings. The van der Waals surface area contributed by atoms with Gasteiger partial charge in [0.15, 0.2) is 0 Å². The Morgan fingerprint density at radius 3 is 2.87 bits per heavy atom. The fraction of sp³-hybridized carbons (Fsp3) is 0.200. The minimum atomic E-state index is -0.266. The Bertz CT molecular complexity index is 439. The van der Waals surface area contributed by atoms with Crippen molar-refractivity contribution in [2.45, 2.75) is 13.1 Å². The van der Waals surface area contributed by atoms with Gasteiger partial charge in [0, 0.05) is 6.54 Å². The molecule has 2 rings (SSSR count). The van der Waals surface area contributed by atoms with Crippen LogP contribution in [-0.4, -0.2) is 14.8 Å². The van der Waals surface area contributed by atoms with E-state index in [4.69, 9.17) is 5.73 Å². The van der Waals surface area contributed by atoms with Crippen LogP contribution in [0.2, 0.25) is 0 Å². The fourth-order valence-electron chi connectivity index (χ4n) is 1.43. The van der Waals surface area contributed by atoms with Crippen LogP contribution in [0.25, 0.3) is 0 Å². The van der Waals surface area contributed by atoms with Gasteiger partial charge in [0.05, 0.1) is 6.54 Å². The largest absolute Gasteiger partial charge is 0.326 e. The molecule has 0 unspecified atom stereocenters. The highest BCUT2D eigenvalue weighted by Gasteiger charge is 2.03. The van der Waals surface area contributed by atoms with Crippen molar-refractivity contribution in [3.05, 3.63) is 47.8 Å². The molecule has 0 amide bonds. The van der Waals surface area contributed by atoms with Crippen LogP contribution in [0, 0.1) is 5.82 Å². The van der Waals surface area contributed by atoms with Gasteiger partial charge >= 0.3 is 0 Å². The molecule has 5 heteroatoms. The second-order valence-corrected chi connectivity index (χ2v) is 3.21. The maximum absolute atomic E-state index is 12.9. The van der Waals surface area contributed by atoms with E-state index in [1.807, 2.05) is 0 Å². The molecule has 1 aromatic carbocycles. The number of hydrogen-bond donors (Lipinski definition) is 1. The van der Waals surface area contributed by atoms with E-state index in [-0.39, 0.29) is 5.82 Å². The van der Waals surface area contributed by atoms with E-state index in [1.54, 1.807) is 17.1 Å². The Hall–Kier alpha value is -1.75. The number of nitrogens with two attached hydrogens (primary N) is 1. The average Bonchev–Trinajstić information content (AvgIpc) is 2.73. The van der Waals surface area contributed by atoms with Gasteiger partial charge in [-0.15, -0.1) is 0 Å². The molecule has 0 radical (unpaired) electrons. The summed E-state index contributed by atoms with van der Waals surface area (Å²) < 4.78 is 14.6. The number of nitrogens with zero attached hydrogens (tertiary/aromatic N) is 3. The quantitative estimate of drug-likeness (QED) is 0.812. The van der Waals surface area contributed by atoms with Crippen molar-refractivity contribution in [3.8, 4) is 0 Å². The first-order valence-corrected chi connectivity index (χ1v) is 4.59. The molecular formula is C10H11FN4. The molecule has 2 N–H and O–H groups in total. The van der Waals surface area contributed by atoms with E-state index >= 15 is 0 Å². The van der Waals surface area contributed by atoms with Crippen molar-refractivity contribution in [1.29, 1.82) is 0 Å². The van der Waals surface area contributed by atoms with Crippen molar-refractivity contribution in [3.63, 3.8) is 0 Å². The summed E-state index contributed by atoms with van der Waals surface area (Å²) in [6.07, 6.45) is 3.08. The number of hydrogen-bond acceptors (Lipinski definition) is 3. The lowest BCUT2D eigenvalue weighted by atomic mass is 10.1. The van der Waals surface area contributed by atoms with E-state index in [1.165, 1.54) is 18.5 Å². The first-order chi connectivity index (χ1) is 7.29. The van der Waals surface area contributed by atoms with Crippen molar-refractivity contribution >= 4 is 0 Å². The van der Waals surface area contributed by atoms with E-state index in [9.17, 15) is 4.39 Å². The van der Waals surface area contributed by atoms with Crippen molar-refractivity contribution in [2.75, 3.05) is 0 Å². The van der Waals surface area contributed by atoms with Crippen LogP contribution in [-0.2, 0) is 13.1 Å². The summed E-state index contributed by atoms with van der Waals surface area (Å²) in [5.41, 5.74) is 7.30. The summed E-state index contributed by atoms with van der Waals surface area (Å²) in [6, 6.07) is 4.59. The zero-order valence-corrected chi connectivity index (χ0v) is 8.10. The van der Waals surface area contributed by atoms with Gasteiger partial charge < -0.3 is 5.73 Å². The number of aromatic nitrogens is 3. The summed E-state index contributed by atoms with van der Waals surface area (Å²) in [5, 5.41) is 3.98. The molecule has 0 spiro atoms. The Labute approximate surface area is 86.6 Å². The monoisotopic (exact) mass is 206 g/mol. The van der Waals surface area contributed by atoms with Crippen molar-refractivity contribution < 1.29 is 4.39 Å². The molecule has 78 valence electrons. The van der Waals surface area contributed by atoms with Crippen LogP contribution in [0.5, 0.6) is 0 Å². The van der Waals surface area contributed by atoms with Crippen LogP contribution in [0.3, 0.4) is 0 Å². The van der Waals surface area contributed by atoms with Crippen LogP contribution in [0.4, 0.5) is 4.39 Å². The second-order valence-electron chi connectivity index (χ2n) is 3.21. The van der Waals surface area contributed by atoms with Crippen LogP contribution >= 0.6 is 0 Å². The predicted molar refractivity (Wildman–Crippen MR) is 53.4 cm³/mol. The van der Waals surface area contributed by atoms with Crippen molar-refractivity contribution in [2.24, 2.45) is 5.73 Å². The first-order valence-electron chi connectivity index (χ1n) is 4.59. The van der Waals surface area contributed by atoms with Crippen LogP contribution < -0.4 is 5.73 Å². The third-order valence-corrected chi connectivity index (χ3v) is 2.19. The Balaban J connectivity index is 2.28. The zero-order chi connectivity index (χ0) is 10.7. The SMILES string of the molecule is NCc1cc(F)ccc1Cn1cncn1. The average molecular weight is 206 g/mol.